The normalized spacial score (nSPS) is 31.2. The molecule has 0 aromatic heterocycles. The third-order valence-electron chi connectivity index (χ3n) is 8.98. The van der Waals surface area contributed by atoms with Crippen molar-refractivity contribution in [3.05, 3.63) is 71.8 Å². The smallest absolute Gasteiger partial charge is 0.239 e. The summed E-state index contributed by atoms with van der Waals surface area (Å²) in [4.78, 5) is 25.7. The first kappa shape index (κ1) is 21.2. The second kappa shape index (κ2) is 7.75. The van der Waals surface area contributed by atoms with Gasteiger partial charge in [-0.1, -0.05) is 81.4 Å². The Labute approximate surface area is 191 Å². The number of nitrogens with one attached hydrogen (secondary N) is 2. The summed E-state index contributed by atoms with van der Waals surface area (Å²) in [5.74, 6) is 1.62. The van der Waals surface area contributed by atoms with Crippen molar-refractivity contribution >= 4 is 11.8 Å². The van der Waals surface area contributed by atoms with Gasteiger partial charge < -0.3 is 10.6 Å². The van der Waals surface area contributed by atoms with E-state index in [2.05, 4.69) is 55.7 Å². The maximum absolute atomic E-state index is 13.1. The summed E-state index contributed by atoms with van der Waals surface area (Å²) in [5, 5.41) is 6.14. The van der Waals surface area contributed by atoms with E-state index < -0.39 is 0 Å². The van der Waals surface area contributed by atoms with Crippen LogP contribution >= 0.6 is 0 Å². The van der Waals surface area contributed by atoms with Crippen molar-refractivity contribution in [2.24, 2.45) is 29.1 Å². The third kappa shape index (κ3) is 3.35. The highest BCUT2D eigenvalue weighted by atomic mass is 16.2. The van der Waals surface area contributed by atoms with Crippen molar-refractivity contribution in [1.29, 1.82) is 0 Å². The van der Waals surface area contributed by atoms with E-state index in [-0.39, 0.29) is 35.7 Å². The molecule has 4 aliphatic rings. The molecule has 4 saturated carbocycles. The van der Waals surface area contributed by atoms with Crippen LogP contribution in [0.25, 0.3) is 0 Å². The molecule has 5 atom stereocenters. The topological polar surface area (TPSA) is 58.2 Å². The Kier molecular flexibility index (Phi) is 5.15. The molecule has 0 saturated heterocycles. The Morgan fingerprint density at radius 3 is 2.06 bits per heavy atom. The summed E-state index contributed by atoms with van der Waals surface area (Å²) in [6, 6.07) is 20.7. The van der Waals surface area contributed by atoms with Gasteiger partial charge in [0.15, 0.2) is 0 Å². The minimum Gasteiger partial charge on any atom is -0.352 e. The monoisotopic (exact) mass is 430 g/mol. The number of carbonyl (C=O) groups excluding carboxylic acids is 2. The Morgan fingerprint density at radius 1 is 0.938 bits per heavy atom. The molecule has 2 unspecified atom stereocenters. The van der Waals surface area contributed by atoms with E-state index in [1.54, 1.807) is 0 Å². The van der Waals surface area contributed by atoms with E-state index in [0.29, 0.717) is 23.2 Å². The SMILES string of the molecule is C[C@H]1C(NC(=O)CNC(=O)C2CC2(c2ccccc2)c2ccccc2)C[C@@H]2C[C@H]1C2(C)C. The first-order chi connectivity index (χ1) is 15.3. The molecule has 0 radical (unpaired) electrons. The zero-order valence-corrected chi connectivity index (χ0v) is 19.3. The molecule has 4 fully saturated rings. The number of carbonyl (C=O) groups is 2. The highest BCUT2D eigenvalue weighted by Crippen LogP contribution is 2.61. The first-order valence-electron chi connectivity index (χ1n) is 12.0. The van der Waals surface area contributed by atoms with Gasteiger partial charge >= 0.3 is 0 Å². The molecule has 4 aliphatic carbocycles. The van der Waals surface area contributed by atoms with Crippen LogP contribution in [0.1, 0.15) is 51.2 Å². The fraction of sp³-hybridized carbons (Fsp3) is 0.500. The zero-order valence-electron chi connectivity index (χ0n) is 19.3. The van der Waals surface area contributed by atoms with Crippen molar-refractivity contribution in [3.63, 3.8) is 0 Å². The summed E-state index contributed by atoms with van der Waals surface area (Å²) in [7, 11) is 0. The van der Waals surface area contributed by atoms with E-state index >= 15 is 0 Å². The number of fused-ring (bicyclic) bond motifs is 2. The van der Waals surface area contributed by atoms with Crippen molar-refractivity contribution < 1.29 is 9.59 Å². The number of hydrogen-bond acceptors (Lipinski definition) is 2. The Hall–Kier alpha value is -2.62. The van der Waals surface area contributed by atoms with Gasteiger partial charge in [0.05, 0.1) is 12.5 Å². The molecule has 168 valence electrons. The maximum atomic E-state index is 13.1. The van der Waals surface area contributed by atoms with Gasteiger partial charge in [-0.15, -0.1) is 0 Å². The molecule has 0 heterocycles. The summed E-state index contributed by atoms with van der Waals surface area (Å²) in [6.45, 7) is 7.05. The van der Waals surface area contributed by atoms with Crippen molar-refractivity contribution in [3.8, 4) is 0 Å². The molecule has 4 heteroatoms. The highest BCUT2D eigenvalue weighted by Gasteiger charge is 2.60. The van der Waals surface area contributed by atoms with Crippen molar-refractivity contribution in [2.45, 2.75) is 51.5 Å². The van der Waals surface area contributed by atoms with Gasteiger partial charge in [-0.05, 0) is 53.6 Å². The number of amides is 2. The Morgan fingerprint density at radius 2 is 1.53 bits per heavy atom. The lowest BCUT2D eigenvalue weighted by molar-refractivity contribution is -0.134. The summed E-state index contributed by atoms with van der Waals surface area (Å²) in [5.41, 5.74) is 2.43. The Bertz CT molecular complexity index is 961. The number of hydrogen-bond donors (Lipinski definition) is 2. The molecule has 0 spiro atoms. The molecule has 2 aromatic rings. The van der Waals surface area contributed by atoms with Gasteiger partial charge in [0.1, 0.15) is 0 Å². The molecule has 6 rings (SSSR count). The predicted molar refractivity (Wildman–Crippen MR) is 126 cm³/mol. The minimum atomic E-state index is -0.298. The third-order valence-corrected chi connectivity index (χ3v) is 8.98. The van der Waals surface area contributed by atoms with E-state index in [1.807, 2.05) is 36.4 Å². The molecule has 32 heavy (non-hydrogen) atoms. The van der Waals surface area contributed by atoms with E-state index in [4.69, 9.17) is 0 Å². The van der Waals surface area contributed by atoms with Gasteiger partial charge in [-0.2, -0.15) is 0 Å². The van der Waals surface area contributed by atoms with Gasteiger partial charge in [-0.3, -0.25) is 9.59 Å². The van der Waals surface area contributed by atoms with Crippen LogP contribution < -0.4 is 10.6 Å². The van der Waals surface area contributed by atoms with Crippen LogP contribution in [0.2, 0.25) is 0 Å². The first-order valence-corrected chi connectivity index (χ1v) is 12.0. The maximum Gasteiger partial charge on any atom is 0.239 e. The lowest BCUT2D eigenvalue weighted by Crippen LogP contribution is -2.61. The molecule has 2 bridgehead atoms. The molecular weight excluding hydrogens is 396 g/mol. The van der Waals surface area contributed by atoms with E-state index in [0.717, 1.165) is 24.0 Å². The average Bonchev–Trinajstić information content (AvgIpc) is 3.57. The Balaban J connectivity index is 1.21. The van der Waals surface area contributed by atoms with Gasteiger partial charge in [0.2, 0.25) is 11.8 Å². The van der Waals surface area contributed by atoms with E-state index in [1.165, 1.54) is 6.42 Å². The minimum absolute atomic E-state index is 0.0338. The van der Waals surface area contributed by atoms with Crippen LogP contribution in [0.5, 0.6) is 0 Å². The van der Waals surface area contributed by atoms with Gasteiger partial charge in [0, 0.05) is 11.5 Å². The fourth-order valence-corrected chi connectivity index (χ4v) is 6.74. The highest BCUT2D eigenvalue weighted by molar-refractivity contribution is 5.90. The van der Waals surface area contributed by atoms with Crippen molar-refractivity contribution in [1.82, 2.24) is 10.6 Å². The van der Waals surface area contributed by atoms with E-state index in [9.17, 15) is 9.59 Å². The largest absolute Gasteiger partial charge is 0.352 e. The van der Waals surface area contributed by atoms with Gasteiger partial charge in [0.25, 0.3) is 0 Å². The summed E-state index contributed by atoms with van der Waals surface area (Å²) in [6.07, 6.45) is 3.12. The van der Waals surface area contributed by atoms with Gasteiger partial charge in [-0.25, -0.2) is 0 Å². The fourth-order valence-electron chi connectivity index (χ4n) is 6.74. The summed E-state index contributed by atoms with van der Waals surface area (Å²) >= 11 is 0. The molecule has 0 aliphatic heterocycles. The van der Waals surface area contributed by atoms with Crippen LogP contribution in [0.15, 0.2) is 60.7 Å². The zero-order chi connectivity index (χ0) is 22.5. The van der Waals surface area contributed by atoms with Crippen LogP contribution in [0.4, 0.5) is 0 Å². The quantitative estimate of drug-likeness (QED) is 0.718. The molecule has 4 nitrogen and oxygen atoms in total. The average molecular weight is 431 g/mol. The van der Waals surface area contributed by atoms with Crippen LogP contribution in [-0.4, -0.2) is 24.4 Å². The second-order valence-corrected chi connectivity index (χ2v) is 10.8. The van der Waals surface area contributed by atoms with Crippen LogP contribution in [0, 0.1) is 29.1 Å². The second-order valence-electron chi connectivity index (χ2n) is 10.8. The molecule has 2 N–H and O–H groups in total. The van der Waals surface area contributed by atoms with Crippen molar-refractivity contribution in [2.75, 3.05) is 6.54 Å². The van der Waals surface area contributed by atoms with Crippen LogP contribution in [0.3, 0.4) is 0 Å². The predicted octanol–water partition coefficient (Wildman–Crippen LogP) is 4.30. The number of benzene rings is 2. The molecular formula is C28H34N2O2. The molecule has 2 aromatic carbocycles. The number of rotatable bonds is 6. The lowest BCUT2D eigenvalue weighted by atomic mass is 9.45. The van der Waals surface area contributed by atoms with Crippen LogP contribution in [-0.2, 0) is 15.0 Å². The standard InChI is InChI=1S/C28H34N2O2/c1-18-22-14-21(27(22,2)3)15-24(18)30-25(31)17-29-26(32)23-16-28(23,19-10-6-4-7-11-19)20-12-8-5-9-13-20/h4-13,18,21-24H,14-17H2,1-3H3,(H,29,32)(H,30,31)/t18-,21+,22-,23?,24?/m1/s1. The summed E-state index contributed by atoms with van der Waals surface area (Å²) < 4.78 is 0. The lowest BCUT2D eigenvalue weighted by Gasteiger charge is -2.62. The molecule has 2 amide bonds.